The molecule has 0 spiro atoms. The predicted molar refractivity (Wildman–Crippen MR) is 57.1 cm³/mol. The lowest BCUT2D eigenvalue weighted by atomic mass is 10.1. The SMILES string of the molecule is COC(C)(C)CCn1cc(CC(=O)O)nn1. The Morgan fingerprint density at radius 2 is 2.31 bits per heavy atom. The minimum absolute atomic E-state index is 0.0896. The average Bonchev–Trinajstić information content (AvgIpc) is 2.62. The van der Waals surface area contributed by atoms with E-state index in [1.807, 2.05) is 13.8 Å². The predicted octanol–water partition coefficient (Wildman–Crippen LogP) is 0.720. The van der Waals surface area contributed by atoms with Crippen LogP contribution >= 0.6 is 0 Å². The Labute approximate surface area is 94.2 Å². The fourth-order valence-electron chi connectivity index (χ4n) is 1.17. The number of rotatable bonds is 6. The monoisotopic (exact) mass is 227 g/mol. The highest BCUT2D eigenvalue weighted by Gasteiger charge is 2.16. The van der Waals surface area contributed by atoms with Gasteiger partial charge in [0.05, 0.1) is 17.7 Å². The van der Waals surface area contributed by atoms with E-state index >= 15 is 0 Å². The van der Waals surface area contributed by atoms with E-state index in [4.69, 9.17) is 9.84 Å². The molecule has 1 aromatic heterocycles. The van der Waals surface area contributed by atoms with Crippen molar-refractivity contribution in [3.63, 3.8) is 0 Å². The summed E-state index contributed by atoms with van der Waals surface area (Å²) in [6, 6.07) is 0. The van der Waals surface area contributed by atoms with Gasteiger partial charge in [-0.05, 0) is 20.3 Å². The summed E-state index contributed by atoms with van der Waals surface area (Å²) in [5, 5.41) is 16.2. The molecule has 16 heavy (non-hydrogen) atoms. The fraction of sp³-hybridized carbons (Fsp3) is 0.700. The molecular formula is C10H17N3O3. The largest absolute Gasteiger partial charge is 0.481 e. The standard InChI is InChI=1S/C10H17N3O3/c1-10(2,16-3)4-5-13-7-8(11-12-13)6-9(14)15/h7H,4-6H2,1-3H3,(H,14,15). The zero-order valence-electron chi connectivity index (χ0n) is 9.80. The molecule has 1 heterocycles. The van der Waals surface area contributed by atoms with Crippen LogP contribution in [0, 0.1) is 0 Å². The van der Waals surface area contributed by atoms with E-state index in [0.29, 0.717) is 12.2 Å². The average molecular weight is 227 g/mol. The lowest BCUT2D eigenvalue weighted by Crippen LogP contribution is -2.24. The summed E-state index contributed by atoms with van der Waals surface area (Å²) in [4.78, 5) is 10.4. The van der Waals surface area contributed by atoms with Gasteiger partial charge in [0.1, 0.15) is 0 Å². The van der Waals surface area contributed by atoms with Gasteiger partial charge in [-0.15, -0.1) is 5.10 Å². The number of hydrogen-bond donors (Lipinski definition) is 1. The van der Waals surface area contributed by atoms with Crippen LogP contribution in [0.2, 0.25) is 0 Å². The van der Waals surface area contributed by atoms with Crippen molar-refractivity contribution >= 4 is 5.97 Å². The third-order valence-electron chi connectivity index (χ3n) is 2.41. The fourth-order valence-corrected chi connectivity index (χ4v) is 1.17. The van der Waals surface area contributed by atoms with Crippen LogP contribution in [0.3, 0.4) is 0 Å². The van der Waals surface area contributed by atoms with Crippen molar-refractivity contribution in [2.75, 3.05) is 7.11 Å². The normalized spacial score (nSPS) is 11.7. The molecular weight excluding hydrogens is 210 g/mol. The number of carboxylic acid groups (broad SMARTS) is 1. The molecule has 1 aromatic rings. The number of aromatic nitrogens is 3. The number of nitrogens with zero attached hydrogens (tertiary/aromatic N) is 3. The van der Waals surface area contributed by atoms with Crippen molar-refractivity contribution in [3.8, 4) is 0 Å². The number of carboxylic acids is 1. The molecule has 0 unspecified atom stereocenters. The molecule has 1 N–H and O–H groups in total. The third kappa shape index (κ3) is 3.98. The second-order valence-electron chi connectivity index (χ2n) is 4.26. The lowest BCUT2D eigenvalue weighted by molar-refractivity contribution is -0.136. The summed E-state index contributed by atoms with van der Waals surface area (Å²) in [6.07, 6.45) is 2.35. The van der Waals surface area contributed by atoms with Crippen molar-refractivity contribution in [1.82, 2.24) is 15.0 Å². The molecule has 0 aromatic carbocycles. The van der Waals surface area contributed by atoms with Gasteiger partial charge in [-0.3, -0.25) is 9.48 Å². The molecule has 1 rings (SSSR count). The molecule has 0 fully saturated rings. The number of aryl methyl sites for hydroxylation is 1. The van der Waals surface area contributed by atoms with Crippen molar-refractivity contribution < 1.29 is 14.6 Å². The number of aliphatic carboxylic acids is 1. The molecule has 0 amide bonds. The van der Waals surface area contributed by atoms with Crippen LogP contribution in [0.25, 0.3) is 0 Å². The Kier molecular flexibility index (Phi) is 4.00. The number of carbonyl (C=O) groups is 1. The van der Waals surface area contributed by atoms with Gasteiger partial charge in [0.25, 0.3) is 0 Å². The van der Waals surface area contributed by atoms with Crippen LogP contribution in [-0.4, -0.2) is 38.8 Å². The van der Waals surface area contributed by atoms with Crippen LogP contribution in [0.1, 0.15) is 26.0 Å². The van der Waals surface area contributed by atoms with Crippen LogP contribution in [0.5, 0.6) is 0 Å². The van der Waals surface area contributed by atoms with Gasteiger partial charge in [0, 0.05) is 19.9 Å². The van der Waals surface area contributed by atoms with Crippen molar-refractivity contribution in [1.29, 1.82) is 0 Å². The minimum Gasteiger partial charge on any atom is -0.481 e. The second-order valence-corrected chi connectivity index (χ2v) is 4.26. The van der Waals surface area contributed by atoms with Crippen LogP contribution < -0.4 is 0 Å². The van der Waals surface area contributed by atoms with Gasteiger partial charge < -0.3 is 9.84 Å². The number of hydrogen-bond acceptors (Lipinski definition) is 4. The van der Waals surface area contributed by atoms with E-state index in [1.165, 1.54) is 0 Å². The maximum Gasteiger partial charge on any atom is 0.309 e. The number of ether oxygens (including phenoxy) is 1. The van der Waals surface area contributed by atoms with Gasteiger partial charge in [0.15, 0.2) is 0 Å². The Morgan fingerprint density at radius 1 is 1.62 bits per heavy atom. The van der Waals surface area contributed by atoms with Crippen LogP contribution in [0.4, 0.5) is 0 Å². The first-order chi connectivity index (χ1) is 7.43. The van der Waals surface area contributed by atoms with E-state index in [9.17, 15) is 4.79 Å². The zero-order valence-corrected chi connectivity index (χ0v) is 9.80. The Balaban J connectivity index is 2.49. The highest BCUT2D eigenvalue weighted by molar-refractivity contribution is 5.69. The quantitative estimate of drug-likeness (QED) is 0.774. The summed E-state index contributed by atoms with van der Waals surface area (Å²) >= 11 is 0. The first-order valence-corrected chi connectivity index (χ1v) is 5.09. The van der Waals surface area contributed by atoms with Gasteiger partial charge in [-0.2, -0.15) is 0 Å². The van der Waals surface area contributed by atoms with Crippen molar-refractivity contribution in [3.05, 3.63) is 11.9 Å². The molecule has 0 aliphatic heterocycles. The molecule has 0 bridgehead atoms. The van der Waals surface area contributed by atoms with Gasteiger partial charge in [0.2, 0.25) is 0 Å². The third-order valence-corrected chi connectivity index (χ3v) is 2.41. The lowest BCUT2D eigenvalue weighted by Gasteiger charge is -2.22. The van der Waals surface area contributed by atoms with Gasteiger partial charge in [-0.25, -0.2) is 0 Å². The summed E-state index contributed by atoms with van der Waals surface area (Å²) in [6.45, 7) is 4.64. The molecule has 0 atom stereocenters. The molecule has 0 radical (unpaired) electrons. The van der Waals surface area contributed by atoms with Gasteiger partial charge in [-0.1, -0.05) is 5.21 Å². The molecule has 6 nitrogen and oxygen atoms in total. The van der Waals surface area contributed by atoms with E-state index in [1.54, 1.807) is 18.0 Å². The van der Waals surface area contributed by atoms with Crippen molar-refractivity contribution in [2.24, 2.45) is 0 Å². The summed E-state index contributed by atoms with van der Waals surface area (Å²) in [5.41, 5.74) is 0.265. The first-order valence-electron chi connectivity index (χ1n) is 5.09. The maximum atomic E-state index is 10.4. The topological polar surface area (TPSA) is 77.2 Å². The second kappa shape index (κ2) is 5.07. The van der Waals surface area contributed by atoms with Crippen LogP contribution in [-0.2, 0) is 22.5 Å². The molecule has 0 aliphatic rings. The molecule has 0 aliphatic carbocycles. The number of methoxy groups -OCH3 is 1. The Bertz CT molecular complexity index is 360. The Hall–Kier alpha value is -1.43. The summed E-state index contributed by atoms with van der Waals surface area (Å²) < 4.78 is 6.91. The molecule has 90 valence electrons. The summed E-state index contributed by atoms with van der Waals surface area (Å²) in [7, 11) is 1.66. The van der Waals surface area contributed by atoms with E-state index in [-0.39, 0.29) is 12.0 Å². The van der Waals surface area contributed by atoms with Crippen molar-refractivity contribution in [2.45, 2.75) is 38.8 Å². The Morgan fingerprint density at radius 3 is 2.88 bits per heavy atom. The molecule has 0 saturated heterocycles. The van der Waals surface area contributed by atoms with Crippen LogP contribution in [0.15, 0.2) is 6.20 Å². The highest BCUT2D eigenvalue weighted by atomic mass is 16.5. The van der Waals surface area contributed by atoms with E-state index in [2.05, 4.69) is 10.3 Å². The minimum atomic E-state index is -0.899. The van der Waals surface area contributed by atoms with Gasteiger partial charge >= 0.3 is 5.97 Å². The first kappa shape index (κ1) is 12.6. The molecule has 6 heteroatoms. The molecule has 0 saturated carbocycles. The maximum absolute atomic E-state index is 10.4. The smallest absolute Gasteiger partial charge is 0.309 e. The van der Waals surface area contributed by atoms with E-state index < -0.39 is 5.97 Å². The zero-order chi connectivity index (χ0) is 12.2. The highest BCUT2D eigenvalue weighted by Crippen LogP contribution is 2.13. The summed E-state index contributed by atoms with van der Waals surface area (Å²) in [5.74, 6) is -0.899. The van der Waals surface area contributed by atoms with E-state index in [0.717, 1.165) is 6.42 Å².